The van der Waals surface area contributed by atoms with Gasteiger partial charge in [0.1, 0.15) is 9.84 Å². The van der Waals surface area contributed by atoms with Crippen molar-refractivity contribution in [1.82, 2.24) is 5.32 Å². The molecule has 0 aliphatic heterocycles. The monoisotopic (exact) mass is 264 g/mol. The second-order valence-electron chi connectivity index (χ2n) is 4.58. The molecule has 6 heteroatoms. The molecule has 0 radical (unpaired) electrons. The van der Waals surface area contributed by atoms with Gasteiger partial charge in [0, 0.05) is 12.3 Å². The first kappa shape index (κ1) is 16.4. The molecular weight excluding hydrogens is 240 g/mol. The van der Waals surface area contributed by atoms with E-state index in [0.717, 1.165) is 25.5 Å². The third kappa shape index (κ3) is 9.12. The van der Waals surface area contributed by atoms with Crippen LogP contribution in [0.2, 0.25) is 0 Å². The lowest BCUT2D eigenvalue weighted by Gasteiger charge is -2.17. The maximum absolute atomic E-state index is 11.6. The first-order chi connectivity index (χ1) is 7.76. The van der Waals surface area contributed by atoms with Crippen LogP contribution >= 0.6 is 0 Å². The van der Waals surface area contributed by atoms with E-state index in [0.29, 0.717) is 0 Å². The van der Waals surface area contributed by atoms with Gasteiger partial charge in [-0.3, -0.25) is 4.79 Å². The number of hydrogen-bond acceptors (Lipinski definition) is 4. The third-order valence-electron chi connectivity index (χ3n) is 2.52. The van der Waals surface area contributed by atoms with Gasteiger partial charge in [0.2, 0.25) is 5.91 Å². The minimum absolute atomic E-state index is 0.0507. The van der Waals surface area contributed by atoms with Gasteiger partial charge in [-0.25, -0.2) is 8.42 Å². The highest BCUT2D eigenvalue weighted by Gasteiger charge is 2.17. The quantitative estimate of drug-likeness (QED) is 0.666. The largest absolute Gasteiger partial charge is 0.352 e. The number of amides is 1. The molecule has 0 rings (SSSR count). The molecule has 0 saturated heterocycles. The average molecular weight is 264 g/mol. The molecule has 0 saturated carbocycles. The van der Waals surface area contributed by atoms with Crippen molar-refractivity contribution in [3.63, 3.8) is 0 Å². The topological polar surface area (TPSA) is 89.3 Å². The molecule has 3 N–H and O–H groups in total. The van der Waals surface area contributed by atoms with Crippen molar-refractivity contribution < 1.29 is 13.2 Å². The number of unbranched alkanes of at least 4 members (excludes halogenated alkanes) is 1. The minimum atomic E-state index is -3.06. The smallest absolute Gasteiger partial charge is 0.237 e. The summed E-state index contributed by atoms with van der Waals surface area (Å²) in [6.07, 6.45) is 4.37. The van der Waals surface area contributed by atoms with Gasteiger partial charge in [0.05, 0.1) is 11.8 Å². The van der Waals surface area contributed by atoms with E-state index in [1.165, 1.54) is 0 Å². The Morgan fingerprint density at radius 3 is 2.41 bits per heavy atom. The zero-order valence-corrected chi connectivity index (χ0v) is 11.7. The third-order valence-corrected chi connectivity index (χ3v) is 3.49. The summed E-state index contributed by atoms with van der Waals surface area (Å²) < 4.78 is 21.9. The summed E-state index contributed by atoms with van der Waals surface area (Å²) in [4.78, 5) is 11.6. The Balaban J connectivity index is 3.97. The van der Waals surface area contributed by atoms with Gasteiger partial charge in [0.25, 0.3) is 0 Å². The summed E-state index contributed by atoms with van der Waals surface area (Å²) in [5, 5.41) is 2.79. The van der Waals surface area contributed by atoms with Crippen molar-refractivity contribution in [2.24, 2.45) is 5.73 Å². The van der Waals surface area contributed by atoms with Crippen molar-refractivity contribution in [3.8, 4) is 0 Å². The van der Waals surface area contributed by atoms with Crippen LogP contribution in [0.1, 0.15) is 39.5 Å². The molecule has 2 unspecified atom stereocenters. The van der Waals surface area contributed by atoms with Crippen LogP contribution in [0.15, 0.2) is 0 Å². The fourth-order valence-corrected chi connectivity index (χ4v) is 2.09. The SMILES string of the molecule is CCCCC(C)NC(=O)C(N)CCS(C)(=O)=O. The molecular formula is C11H24N2O3S. The van der Waals surface area contributed by atoms with E-state index in [9.17, 15) is 13.2 Å². The summed E-state index contributed by atoms with van der Waals surface area (Å²) in [6, 6.07) is -0.652. The molecule has 0 aromatic heterocycles. The molecule has 102 valence electrons. The highest BCUT2D eigenvalue weighted by Crippen LogP contribution is 2.01. The molecule has 17 heavy (non-hydrogen) atoms. The fraction of sp³-hybridized carbons (Fsp3) is 0.909. The van der Waals surface area contributed by atoms with Crippen LogP contribution < -0.4 is 11.1 Å². The van der Waals surface area contributed by atoms with E-state index >= 15 is 0 Å². The van der Waals surface area contributed by atoms with Crippen LogP contribution in [0.5, 0.6) is 0 Å². The Kier molecular flexibility index (Phi) is 7.38. The Bertz CT molecular complexity index is 328. The van der Waals surface area contributed by atoms with E-state index in [1.54, 1.807) is 0 Å². The van der Waals surface area contributed by atoms with E-state index < -0.39 is 15.9 Å². The number of nitrogens with one attached hydrogen (secondary N) is 1. The van der Waals surface area contributed by atoms with Crippen molar-refractivity contribution in [3.05, 3.63) is 0 Å². The second kappa shape index (κ2) is 7.66. The van der Waals surface area contributed by atoms with Crippen LogP contribution in [0.25, 0.3) is 0 Å². The van der Waals surface area contributed by atoms with Crippen molar-refractivity contribution in [2.45, 2.75) is 51.6 Å². The van der Waals surface area contributed by atoms with Crippen LogP contribution in [0.3, 0.4) is 0 Å². The molecule has 5 nitrogen and oxygen atoms in total. The van der Waals surface area contributed by atoms with Gasteiger partial charge < -0.3 is 11.1 Å². The Morgan fingerprint density at radius 1 is 1.35 bits per heavy atom. The Labute approximate surface area is 104 Å². The molecule has 0 fully saturated rings. The molecule has 0 heterocycles. The lowest BCUT2D eigenvalue weighted by Crippen LogP contribution is -2.45. The molecule has 0 aliphatic rings. The molecule has 0 bridgehead atoms. The van der Waals surface area contributed by atoms with Crippen molar-refractivity contribution >= 4 is 15.7 Å². The number of sulfone groups is 1. The summed E-state index contributed by atoms with van der Waals surface area (Å²) in [5.74, 6) is -0.317. The zero-order valence-electron chi connectivity index (χ0n) is 10.9. The van der Waals surface area contributed by atoms with E-state index in [-0.39, 0.29) is 24.1 Å². The zero-order chi connectivity index (χ0) is 13.5. The predicted molar refractivity (Wildman–Crippen MR) is 69.4 cm³/mol. The normalized spacial score (nSPS) is 15.3. The van der Waals surface area contributed by atoms with Crippen LogP contribution in [-0.4, -0.2) is 38.4 Å². The van der Waals surface area contributed by atoms with E-state index in [1.807, 2.05) is 6.92 Å². The molecule has 0 aromatic carbocycles. The summed E-state index contributed by atoms with van der Waals surface area (Å²) in [5.41, 5.74) is 5.62. The Morgan fingerprint density at radius 2 is 1.94 bits per heavy atom. The molecule has 0 aliphatic carbocycles. The van der Waals surface area contributed by atoms with Crippen molar-refractivity contribution in [1.29, 1.82) is 0 Å². The van der Waals surface area contributed by atoms with Crippen LogP contribution in [0.4, 0.5) is 0 Å². The highest BCUT2D eigenvalue weighted by molar-refractivity contribution is 7.90. The number of nitrogens with two attached hydrogens (primary N) is 1. The molecule has 0 spiro atoms. The maximum Gasteiger partial charge on any atom is 0.237 e. The molecule has 1 amide bonds. The second-order valence-corrected chi connectivity index (χ2v) is 6.84. The van der Waals surface area contributed by atoms with Gasteiger partial charge >= 0.3 is 0 Å². The van der Waals surface area contributed by atoms with Gasteiger partial charge in [-0.15, -0.1) is 0 Å². The van der Waals surface area contributed by atoms with Gasteiger partial charge in [-0.1, -0.05) is 19.8 Å². The van der Waals surface area contributed by atoms with Gasteiger partial charge in [-0.2, -0.15) is 0 Å². The summed E-state index contributed by atoms with van der Waals surface area (Å²) in [6.45, 7) is 4.02. The minimum Gasteiger partial charge on any atom is -0.352 e. The van der Waals surface area contributed by atoms with E-state index in [2.05, 4.69) is 12.2 Å². The molecule has 2 atom stereocenters. The maximum atomic E-state index is 11.6. The van der Waals surface area contributed by atoms with Gasteiger partial charge in [0.15, 0.2) is 0 Å². The van der Waals surface area contributed by atoms with Gasteiger partial charge in [-0.05, 0) is 19.8 Å². The average Bonchev–Trinajstić information content (AvgIpc) is 2.21. The standard InChI is InChI=1S/C11H24N2O3S/c1-4-5-6-9(2)13-11(14)10(12)7-8-17(3,15)16/h9-10H,4-8,12H2,1-3H3,(H,13,14). The summed E-state index contributed by atoms with van der Waals surface area (Å²) in [7, 11) is -3.06. The number of carbonyl (C=O) groups excluding carboxylic acids is 1. The van der Waals surface area contributed by atoms with Crippen LogP contribution in [-0.2, 0) is 14.6 Å². The lowest BCUT2D eigenvalue weighted by molar-refractivity contribution is -0.123. The van der Waals surface area contributed by atoms with Crippen molar-refractivity contribution in [2.75, 3.05) is 12.0 Å². The fourth-order valence-electron chi connectivity index (χ4n) is 1.40. The van der Waals surface area contributed by atoms with E-state index in [4.69, 9.17) is 5.73 Å². The number of carbonyl (C=O) groups is 1. The number of hydrogen-bond donors (Lipinski definition) is 2. The number of rotatable bonds is 8. The Hall–Kier alpha value is -0.620. The first-order valence-corrected chi connectivity index (χ1v) is 8.06. The van der Waals surface area contributed by atoms with Crippen LogP contribution in [0, 0.1) is 0 Å². The summed E-state index contributed by atoms with van der Waals surface area (Å²) >= 11 is 0. The lowest BCUT2D eigenvalue weighted by atomic mass is 10.1. The predicted octanol–water partition coefficient (Wildman–Crippen LogP) is 0.443. The highest BCUT2D eigenvalue weighted by atomic mass is 32.2. The first-order valence-electron chi connectivity index (χ1n) is 6.00. The molecule has 0 aromatic rings.